The molecule has 6 aliphatic rings. The number of carbonyl (C=O) groups is 3. The number of carbonyl (C=O) groups excluding carboxylic acids is 3. The molecule has 6 rings (SSSR count). The standard InChI is InChI=1S/C42H71N3O30/c1-10-22(53)29(60)31(62)40(66-10)65-9-18-34(27(58)19(37(64)67-18)43-11(2)50)72-39-21(45-13(4)52)28(59)33(17(8-49)71-39)73-41-32(63)35(25(56)16(7-48)69-41)74-42-36(30(61)24(55)15(6-47)70-42)75-38-20(44-12(3)51)26(57)23(54)14(5-46)68-38/h10,14-42,46-49,53-64H,5-9H2,1-4H3,(H,43,50)(H,44,51)(H,45,52)/t10-,14-,15-,16-,17-,18-,19-,20-,21-,22+,23-,24-,25-,26-,27-,28-,29+,30+,31-,32+,33-,34-,35+,36+,37?,38+,39+,40+,41+,42-/m1/s1. The lowest BCUT2D eigenvalue weighted by Crippen LogP contribution is -2.70. The predicted octanol–water partition coefficient (Wildman–Crippen LogP) is -12.6. The van der Waals surface area contributed by atoms with E-state index in [1.54, 1.807) is 0 Å². The molecule has 0 aromatic rings. The lowest BCUT2D eigenvalue weighted by molar-refractivity contribution is -0.392. The van der Waals surface area contributed by atoms with Crippen molar-refractivity contribution < 1.29 is 148 Å². The average molecular weight is 1100 g/mol. The van der Waals surface area contributed by atoms with Crippen LogP contribution >= 0.6 is 0 Å². The van der Waals surface area contributed by atoms with E-state index in [-0.39, 0.29) is 0 Å². The van der Waals surface area contributed by atoms with Crippen molar-refractivity contribution in [3.8, 4) is 0 Å². The van der Waals surface area contributed by atoms with E-state index >= 15 is 0 Å². The minimum absolute atomic E-state index is 0.724. The molecule has 3 amide bonds. The lowest BCUT2D eigenvalue weighted by atomic mass is 9.93. The molecule has 0 spiro atoms. The van der Waals surface area contributed by atoms with E-state index < -0.39 is 235 Å². The maximum atomic E-state index is 12.7. The molecule has 6 fully saturated rings. The first-order valence-electron chi connectivity index (χ1n) is 23.9. The smallest absolute Gasteiger partial charge is 0.217 e. The quantitative estimate of drug-likeness (QED) is 0.0606. The van der Waals surface area contributed by atoms with E-state index in [0.29, 0.717) is 0 Å². The van der Waals surface area contributed by atoms with Crippen molar-refractivity contribution in [1.29, 1.82) is 0 Å². The van der Waals surface area contributed by atoms with E-state index in [1.807, 2.05) is 0 Å². The molecule has 19 N–H and O–H groups in total. The summed E-state index contributed by atoms with van der Waals surface area (Å²) in [7, 11) is 0. The van der Waals surface area contributed by atoms with E-state index in [1.165, 1.54) is 6.92 Å². The zero-order valence-corrected chi connectivity index (χ0v) is 40.7. The van der Waals surface area contributed by atoms with Crippen LogP contribution in [-0.4, -0.2) is 317 Å². The normalized spacial score (nSPS) is 48.6. The fraction of sp³-hybridized carbons (Fsp3) is 0.929. The Balaban J connectivity index is 1.25. The van der Waals surface area contributed by atoms with Crippen LogP contribution in [0.1, 0.15) is 27.7 Å². The second-order valence-electron chi connectivity index (χ2n) is 19.0. The van der Waals surface area contributed by atoms with Gasteiger partial charge in [-0.1, -0.05) is 0 Å². The Labute approximate surface area is 426 Å². The van der Waals surface area contributed by atoms with E-state index in [0.717, 1.165) is 20.8 Å². The summed E-state index contributed by atoms with van der Waals surface area (Å²) in [6.45, 7) is -0.201. The SMILES string of the molecule is CC(=O)N[C@H]1[C@H](O[C@H]2[C@H](O)[C@@H](NC(C)=O)C(O)O[C@@H]2CO[C@H]2O[C@H](C)[C@H](O)[C@H](O)[C@H]2O)O[C@H](CO)[C@@H](O[C@@H]2O[C@H](CO)[C@@H](O)[C@H](O[C@H]3O[C@H](CO)[C@@H](O)[C@H](O)[C@@H]3O[C@@H]3O[C@H](CO)[C@@H](O)[C@H](O)[C@H]3NC(C)=O)[C@@H]2O)[C@@H]1O. The van der Waals surface area contributed by atoms with Crippen molar-refractivity contribution in [2.24, 2.45) is 0 Å². The summed E-state index contributed by atoms with van der Waals surface area (Å²) in [6, 6.07) is -5.01. The second kappa shape index (κ2) is 26.5. The third kappa shape index (κ3) is 13.7. The molecule has 30 atom stereocenters. The van der Waals surface area contributed by atoms with Crippen LogP contribution in [0, 0.1) is 0 Å². The monoisotopic (exact) mass is 1100 g/mol. The third-order valence-corrected chi connectivity index (χ3v) is 13.6. The number of hydrogen-bond donors (Lipinski definition) is 19. The Morgan fingerprint density at radius 2 is 0.800 bits per heavy atom. The molecule has 75 heavy (non-hydrogen) atoms. The predicted molar refractivity (Wildman–Crippen MR) is 233 cm³/mol. The number of aliphatic hydroxyl groups excluding tert-OH is 16. The molecule has 0 bridgehead atoms. The van der Waals surface area contributed by atoms with Gasteiger partial charge < -0.3 is 150 Å². The summed E-state index contributed by atoms with van der Waals surface area (Å²) in [6.07, 6.45) is -49.7. The Kier molecular flexibility index (Phi) is 21.8. The second-order valence-corrected chi connectivity index (χ2v) is 19.0. The van der Waals surface area contributed by atoms with Crippen LogP contribution in [-0.2, 0) is 66.5 Å². The summed E-state index contributed by atoms with van der Waals surface area (Å²) < 4.78 is 63.7. The highest BCUT2D eigenvalue weighted by atomic mass is 16.8. The molecular weight excluding hydrogens is 1030 g/mol. The fourth-order valence-corrected chi connectivity index (χ4v) is 9.55. The Morgan fingerprint density at radius 1 is 0.373 bits per heavy atom. The summed E-state index contributed by atoms with van der Waals surface area (Å²) in [5, 5.41) is 180. The first kappa shape index (κ1) is 61.5. The van der Waals surface area contributed by atoms with Gasteiger partial charge in [-0.05, 0) is 6.92 Å². The van der Waals surface area contributed by atoms with Crippen LogP contribution in [0.25, 0.3) is 0 Å². The summed E-state index contributed by atoms with van der Waals surface area (Å²) in [4.78, 5) is 36.9. The maximum absolute atomic E-state index is 12.7. The van der Waals surface area contributed by atoms with Crippen molar-refractivity contribution in [1.82, 2.24) is 16.0 Å². The number of ether oxygens (including phenoxy) is 11. The number of rotatable bonds is 18. The van der Waals surface area contributed by atoms with Gasteiger partial charge in [-0.25, -0.2) is 0 Å². The number of nitrogens with one attached hydrogen (secondary N) is 3. The molecule has 0 radical (unpaired) electrons. The minimum Gasteiger partial charge on any atom is -0.394 e. The van der Waals surface area contributed by atoms with Crippen LogP contribution < -0.4 is 16.0 Å². The highest BCUT2D eigenvalue weighted by Crippen LogP contribution is 2.36. The number of aliphatic hydroxyl groups is 16. The molecule has 0 aliphatic carbocycles. The Morgan fingerprint density at radius 3 is 1.36 bits per heavy atom. The van der Waals surface area contributed by atoms with Crippen molar-refractivity contribution in [2.75, 3.05) is 33.0 Å². The van der Waals surface area contributed by atoms with Crippen LogP contribution in [0.3, 0.4) is 0 Å². The molecule has 6 saturated heterocycles. The molecule has 0 aromatic carbocycles. The minimum atomic E-state index is -2.25. The number of hydrogen-bond acceptors (Lipinski definition) is 30. The fourth-order valence-electron chi connectivity index (χ4n) is 9.55. The molecular formula is C42H71N3O30. The van der Waals surface area contributed by atoms with Crippen molar-refractivity contribution in [3.63, 3.8) is 0 Å². The molecule has 434 valence electrons. The van der Waals surface area contributed by atoms with Gasteiger partial charge in [-0.15, -0.1) is 0 Å². The number of amides is 3. The summed E-state index contributed by atoms with van der Waals surface area (Å²) in [5.74, 6) is -2.36. The zero-order chi connectivity index (χ0) is 55.5. The Hall–Kier alpha value is -2.67. The van der Waals surface area contributed by atoms with Crippen LogP contribution in [0.2, 0.25) is 0 Å². The van der Waals surface area contributed by atoms with Crippen LogP contribution in [0.15, 0.2) is 0 Å². The van der Waals surface area contributed by atoms with Crippen molar-refractivity contribution in [2.45, 2.75) is 212 Å². The molecule has 33 heteroatoms. The van der Waals surface area contributed by atoms with Gasteiger partial charge in [0.1, 0.15) is 140 Å². The van der Waals surface area contributed by atoms with Crippen LogP contribution in [0.5, 0.6) is 0 Å². The highest BCUT2D eigenvalue weighted by Gasteiger charge is 2.58. The molecule has 1 unspecified atom stereocenters. The van der Waals surface area contributed by atoms with Gasteiger partial charge in [0, 0.05) is 20.8 Å². The van der Waals surface area contributed by atoms with Crippen LogP contribution in [0.4, 0.5) is 0 Å². The molecule has 6 aliphatic heterocycles. The highest BCUT2D eigenvalue weighted by molar-refractivity contribution is 5.74. The van der Waals surface area contributed by atoms with E-state index in [4.69, 9.17) is 52.1 Å². The molecule has 0 aromatic heterocycles. The summed E-state index contributed by atoms with van der Waals surface area (Å²) >= 11 is 0. The molecule has 33 nitrogen and oxygen atoms in total. The first-order chi connectivity index (χ1) is 35.4. The van der Waals surface area contributed by atoms with Crippen molar-refractivity contribution >= 4 is 17.7 Å². The Bertz CT molecular complexity index is 1850. The van der Waals surface area contributed by atoms with Gasteiger partial charge in [-0.3, -0.25) is 14.4 Å². The van der Waals surface area contributed by atoms with Gasteiger partial charge in [0.05, 0.1) is 39.1 Å². The molecule has 6 heterocycles. The van der Waals surface area contributed by atoms with Gasteiger partial charge >= 0.3 is 0 Å². The summed E-state index contributed by atoms with van der Waals surface area (Å²) in [5.41, 5.74) is 0. The first-order valence-corrected chi connectivity index (χ1v) is 23.9. The van der Waals surface area contributed by atoms with Gasteiger partial charge in [-0.2, -0.15) is 0 Å². The maximum Gasteiger partial charge on any atom is 0.217 e. The molecule has 0 saturated carbocycles. The lowest BCUT2D eigenvalue weighted by Gasteiger charge is -2.50. The zero-order valence-electron chi connectivity index (χ0n) is 40.7. The topological polar surface area (TPSA) is 513 Å². The van der Waals surface area contributed by atoms with Gasteiger partial charge in [0.25, 0.3) is 0 Å². The van der Waals surface area contributed by atoms with Gasteiger partial charge in [0.15, 0.2) is 37.7 Å². The van der Waals surface area contributed by atoms with E-state index in [9.17, 15) is 96.1 Å². The van der Waals surface area contributed by atoms with Gasteiger partial charge in [0.2, 0.25) is 17.7 Å². The van der Waals surface area contributed by atoms with Crippen molar-refractivity contribution in [3.05, 3.63) is 0 Å². The third-order valence-electron chi connectivity index (χ3n) is 13.6. The largest absolute Gasteiger partial charge is 0.394 e. The average Bonchev–Trinajstić information content (AvgIpc) is 3.36. The van der Waals surface area contributed by atoms with E-state index in [2.05, 4.69) is 16.0 Å².